The first-order valence-electron chi connectivity index (χ1n) is 16.5. The summed E-state index contributed by atoms with van der Waals surface area (Å²) in [5.41, 5.74) is 9.71. The molecule has 6 heteroatoms. The van der Waals surface area contributed by atoms with Gasteiger partial charge >= 0.3 is 0 Å². The van der Waals surface area contributed by atoms with Crippen molar-refractivity contribution < 1.29 is 0 Å². The second kappa shape index (κ2) is 11.6. The first-order chi connectivity index (χ1) is 24.6. The Bertz CT molecular complexity index is 2530. The van der Waals surface area contributed by atoms with Crippen molar-refractivity contribution in [3.63, 3.8) is 0 Å². The van der Waals surface area contributed by atoms with E-state index in [-0.39, 0.29) is 17.3 Å². The van der Waals surface area contributed by atoms with Crippen molar-refractivity contribution in [2.45, 2.75) is 6.92 Å². The van der Waals surface area contributed by atoms with Crippen molar-refractivity contribution in [2.24, 2.45) is 15.9 Å². The Labute approximate surface area is 288 Å². The Morgan fingerprint density at radius 1 is 0.440 bits per heavy atom. The van der Waals surface area contributed by atoms with E-state index in [1.165, 1.54) is 21.5 Å². The number of nitrogens with zero attached hydrogens (tertiary/aromatic N) is 6. The smallest absolute Gasteiger partial charge is 0.177 e. The number of para-hydroxylation sites is 4. The summed E-state index contributed by atoms with van der Waals surface area (Å²) in [4.78, 5) is 9.56. The summed E-state index contributed by atoms with van der Waals surface area (Å²) in [6.45, 7) is 2.04. The van der Waals surface area contributed by atoms with Crippen LogP contribution in [0.15, 0.2) is 167 Å². The summed E-state index contributed by atoms with van der Waals surface area (Å²) in [5.74, 6) is -0.303. The molecule has 8 aromatic rings. The van der Waals surface area contributed by atoms with E-state index in [4.69, 9.17) is 9.98 Å². The molecule has 0 bridgehead atoms. The Morgan fingerprint density at radius 3 is 1.04 bits per heavy atom. The largest absolute Gasteiger partial charge is 0.309 e. The zero-order chi connectivity index (χ0) is 33.8. The lowest BCUT2D eigenvalue weighted by Gasteiger charge is -2.18. The van der Waals surface area contributed by atoms with Gasteiger partial charge in [-0.25, -0.2) is 9.98 Å². The fourth-order valence-corrected chi connectivity index (χ4v) is 7.42. The third kappa shape index (κ3) is 4.48. The molecule has 0 unspecified atom stereocenters. The van der Waals surface area contributed by atoms with E-state index in [1.807, 2.05) is 31.2 Å². The van der Waals surface area contributed by atoms with Crippen LogP contribution in [-0.2, 0) is 0 Å². The fourth-order valence-electron chi connectivity index (χ4n) is 7.42. The molecule has 0 atom stereocenters. The van der Waals surface area contributed by atoms with Crippen LogP contribution in [-0.4, -0.2) is 20.6 Å². The molecule has 234 valence electrons. The molecule has 6 aromatic carbocycles. The lowest BCUT2D eigenvalue weighted by atomic mass is 9.89. The first-order valence-corrected chi connectivity index (χ1v) is 16.5. The number of hydrogen-bond donors (Lipinski definition) is 0. The van der Waals surface area contributed by atoms with Gasteiger partial charge in [0.05, 0.1) is 33.5 Å². The van der Waals surface area contributed by atoms with Crippen molar-refractivity contribution in [3.8, 4) is 23.5 Å². The summed E-state index contributed by atoms with van der Waals surface area (Å²) >= 11 is 0. The minimum atomic E-state index is -0.303. The van der Waals surface area contributed by atoms with Gasteiger partial charge in [0.25, 0.3) is 0 Å². The lowest BCUT2D eigenvalue weighted by molar-refractivity contribution is 1.05. The van der Waals surface area contributed by atoms with Gasteiger partial charge < -0.3 is 9.13 Å². The second-order valence-corrected chi connectivity index (χ2v) is 12.5. The standard InChI is InChI=1S/C44H28N6/c1-28-43(29-18-22-31(23-19-29)49-39-14-6-2-10-33(39)34-11-3-7-15-40(34)49)47-37(26-45)38(27-46)48-44(28)30-20-24-32(25-21-30)50-41-16-8-4-12-35(41)36-13-5-9-17-42(36)50/h2-25,28H,1H3. The van der Waals surface area contributed by atoms with Gasteiger partial charge in [-0.15, -0.1) is 0 Å². The van der Waals surface area contributed by atoms with Gasteiger partial charge in [0.1, 0.15) is 12.1 Å². The van der Waals surface area contributed by atoms with Gasteiger partial charge in [0, 0.05) is 38.8 Å². The van der Waals surface area contributed by atoms with Crippen molar-refractivity contribution >= 4 is 55.0 Å². The number of aliphatic imine (C=N–C) groups is 2. The third-order valence-corrected chi connectivity index (χ3v) is 9.72. The van der Waals surface area contributed by atoms with Crippen LogP contribution in [0.2, 0.25) is 0 Å². The van der Waals surface area contributed by atoms with Crippen LogP contribution in [0.3, 0.4) is 0 Å². The second-order valence-electron chi connectivity index (χ2n) is 12.5. The van der Waals surface area contributed by atoms with Crippen molar-refractivity contribution in [1.82, 2.24) is 9.13 Å². The molecule has 9 rings (SSSR count). The maximum atomic E-state index is 10.1. The average molecular weight is 641 g/mol. The molecule has 1 aliphatic rings. The molecule has 0 saturated heterocycles. The van der Waals surface area contributed by atoms with Crippen molar-refractivity contribution in [2.75, 3.05) is 0 Å². The highest BCUT2D eigenvalue weighted by Gasteiger charge is 2.26. The molecule has 0 fully saturated rings. The van der Waals surface area contributed by atoms with E-state index in [9.17, 15) is 10.5 Å². The normalized spacial score (nSPS) is 13.7. The van der Waals surface area contributed by atoms with Crippen molar-refractivity contribution in [3.05, 3.63) is 168 Å². The third-order valence-electron chi connectivity index (χ3n) is 9.72. The Kier molecular flexibility index (Phi) is 6.76. The molecule has 0 N–H and O–H groups in total. The molecule has 0 saturated carbocycles. The average Bonchev–Trinajstić information content (AvgIpc) is 3.64. The first kappa shape index (κ1) is 29.1. The van der Waals surface area contributed by atoms with E-state index in [0.717, 1.165) is 44.6 Å². The van der Waals surface area contributed by atoms with E-state index >= 15 is 0 Å². The molecular formula is C44H28N6. The maximum Gasteiger partial charge on any atom is 0.177 e. The van der Waals surface area contributed by atoms with Crippen LogP contribution in [0.5, 0.6) is 0 Å². The number of nitriles is 2. The van der Waals surface area contributed by atoms with Gasteiger partial charge in [-0.05, 0) is 59.7 Å². The number of aromatic nitrogens is 2. The molecular weight excluding hydrogens is 613 g/mol. The Morgan fingerprint density at radius 2 is 0.740 bits per heavy atom. The highest BCUT2D eigenvalue weighted by molar-refractivity contribution is 6.21. The number of allylic oxidation sites excluding steroid dienone is 2. The summed E-state index contributed by atoms with van der Waals surface area (Å²) in [6, 6.07) is 54.5. The lowest BCUT2D eigenvalue weighted by Crippen LogP contribution is -2.23. The predicted molar refractivity (Wildman–Crippen MR) is 202 cm³/mol. The zero-order valence-corrected chi connectivity index (χ0v) is 27.1. The SMILES string of the molecule is CC1C(c2ccc(-n3c4ccccc4c4ccccc43)cc2)=NC(C#N)=C(C#N)N=C1c1ccc(-n2c3ccccc3c3ccccc32)cc1. The molecule has 50 heavy (non-hydrogen) atoms. The quantitative estimate of drug-likeness (QED) is 0.192. The van der Waals surface area contributed by atoms with Gasteiger partial charge in [-0.2, -0.15) is 10.5 Å². The molecule has 3 heterocycles. The van der Waals surface area contributed by atoms with Gasteiger partial charge in [-0.1, -0.05) is 104 Å². The van der Waals surface area contributed by atoms with Gasteiger partial charge in [0.2, 0.25) is 0 Å². The zero-order valence-electron chi connectivity index (χ0n) is 27.1. The number of benzene rings is 6. The summed E-state index contributed by atoms with van der Waals surface area (Å²) in [6.07, 6.45) is 0. The van der Waals surface area contributed by atoms with Gasteiger partial charge in [0.15, 0.2) is 11.4 Å². The summed E-state index contributed by atoms with van der Waals surface area (Å²) < 4.78 is 4.54. The number of fused-ring (bicyclic) bond motifs is 6. The Balaban J connectivity index is 1.12. The number of rotatable bonds is 4. The summed E-state index contributed by atoms with van der Waals surface area (Å²) in [5, 5.41) is 24.9. The summed E-state index contributed by atoms with van der Waals surface area (Å²) in [7, 11) is 0. The highest BCUT2D eigenvalue weighted by atomic mass is 15.0. The molecule has 0 radical (unpaired) electrons. The van der Waals surface area contributed by atoms with E-state index in [1.54, 1.807) is 0 Å². The fraction of sp³-hybridized carbons (Fsp3) is 0.0455. The van der Waals surface area contributed by atoms with Crippen LogP contribution in [0.25, 0.3) is 55.0 Å². The van der Waals surface area contributed by atoms with Crippen LogP contribution in [0, 0.1) is 28.6 Å². The van der Waals surface area contributed by atoms with Crippen molar-refractivity contribution in [1.29, 1.82) is 10.5 Å². The molecule has 0 spiro atoms. The Hall–Kier alpha value is -7.02. The number of hydrogen-bond acceptors (Lipinski definition) is 4. The van der Waals surface area contributed by atoms with E-state index in [0.29, 0.717) is 11.4 Å². The maximum absolute atomic E-state index is 10.1. The highest BCUT2D eigenvalue weighted by Crippen LogP contribution is 2.34. The minimum absolute atomic E-state index is 0.0118. The van der Waals surface area contributed by atoms with Crippen LogP contribution in [0.4, 0.5) is 0 Å². The molecule has 6 nitrogen and oxygen atoms in total. The van der Waals surface area contributed by atoms with Gasteiger partial charge in [-0.3, -0.25) is 0 Å². The predicted octanol–water partition coefficient (Wildman–Crippen LogP) is 10.1. The van der Waals surface area contributed by atoms with E-state index in [2.05, 4.69) is 143 Å². The van der Waals surface area contributed by atoms with Crippen LogP contribution >= 0.6 is 0 Å². The van der Waals surface area contributed by atoms with E-state index < -0.39 is 0 Å². The molecule has 0 amide bonds. The van der Waals surface area contributed by atoms with Crippen LogP contribution < -0.4 is 0 Å². The topological polar surface area (TPSA) is 82.2 Å². The monoisotopic (exact) mass is 640 g/mol. The van der Waals surface area contributed by atoms with Crippen LogP contribution in [0.1, 0.15) is 18.1 Å². The molecule has 1 aliphatic heterocycles. The molecule has 0 aliphatic carbocycles. The molecule has 2 aromatic heterocycles. The minimum Gasteiger partial charge on any atom is -0.309 e.